The van der Waals surface area contributed by atoms with Crippen molar-refractivity contribution in [1.29, 1.82) is 0 Å². The van der Waals surface area contributed by atoms with Gasteiger partial charge >= 0.3 is 6.03 Å². The number of hydrogen-bond donors (Lipinski definition) is 1. The number of urea groups is 1. The molecule has 1 heterocycles. The van der Waals surface area contributed by atoms with Crippen molar-refractivity contribution < 1.29 is 9.59 Å². The molecule has 1 aromatic carbocycles. The Morgan fingerprint density at radius 3 is 2.82 bits per heavy atom. The van der Waals surface area contributed by atoms with Crippen molar-refractivity contribution in [2.24, 2.45) is 5.92 Å². The summed E-state index contributed by atoms with van der Waals surface area (Å²) in [5, 5.41) is 2.76. The average Bonchev–Trinajstić information content (AvgIpc) is 2.38. The highest BCUT2D eigenvalue weighted by Crippen LogP contribution is 2.20. The van der Waals surface area contributed by atoms with Crippen LogP contribution >= 0.6 is 0 Å². The van der Waals surface area contributed by atoms with E-state index in [0.717, 1.165) is 5.56 Å². The number of benzene rings is 1. The van der Waals surface area contributed by atoms with Crippen LogP contribution in [0.1, 0.15) is 18.9 Å². The molecule has 1 fully saturated rings. The van der Waals surface area contributed by atoms with Gasteiger partial charge in [-0.25, -0.2) is 9.69 Å². The van der Waals surface area contributed by atoms with Crippen LogP contribution in [0.2, 0.25) is 0 Å². The smallest absolute Gasteiger partial charge is 0.328 e. The Balaban J connectivity index is 2.34. The molecule has 1 atom stereocenters. The van der Waals surface area contributed by atoms with Crippen molar-refractivity contribution in [1.82, 2.24) is 5.32 Å². The number of carbonyl (C=O) groups excluding carboxylic acids is 2. The van der Waals surface area contributed by atoms with Gasteiger partial charge in [-0.1, -0.05) is 19.1 Å². The number of rotatable bonds is 1. The molecule has 1 saturated heterocycles. The molecule has 4 nitrogen and oxygen atoms in total. The van der Waals surface area contributed by atoms with Crippen LogP contribution in [0, 0.1) is 12.8 Å². The Morgan fingerprint density at radius 1 is 1.35 bits per heavy atom. The zero-order chi connectivity index (χ0) is 12.4. The molecule has 90 valence electrons. The molecule has 1 N–H and O–H groups in total. The van der Waals surface area contributed by atoms with Gasteiger partial charge in [-0.15, -0.1) is 0 Å². The first-order valence-corrected chi connectivity index (χ1v) is 5.75. The third kappa shape index (κ3) is 2.46. The van der Waals surface area contributed by atoms with Crippen molar-refractivity contribution in [2.45, 2.75) is 20.3 Å². The summed E-state index contributed by atoms with van der Waals surface area (Å²) >= 11 is 0. The number of nitrogens with one attached hydrogen (secondary N) is 1. The van der Waals surface area contributed by atoms with Crippen LogP contribution in [0.4, 0.5) is 10.5 Å². The van der Waals surface area contributed by atoms with Crippen LogP contribution in [0.25, 0.3) is 0 Å². The van der Waals surface area contributed by atoms with E-state index in [0.29, 0.717) is 18.7 Å². The Bertz CT molecular complexity index is 456. The lowest BCUT2D eigenvalue weighted by atomic mass is 10.1. The highest BCUT2D eigenvalue weighted by molar-refractivity contribution is 6.14. The molecule has 2 rings (SSSR count). The molecule has 0 spiro atoms. The van der Waals surface area contributed by atoms with E-state index in [4.69, 9.17) is 0 Å². The standard InChI is InChI=1S/C13H16N2O2/c1-9-4-3-5-11(6-9)15-12(16)7-10(2)8-14-13(15)17/h3-6,10H,7-8H2,1-2H3,(H,14,17). The maximum Gasteiger partial charge on any atom is 0.328 e. The van der Waals surface area contributed by atoms with E-state index in [9.17, 15) is 9.59 Å². The molecule has 0 radical (unpaired) electrons. The Labute approximate surface area is 101 Å². The molecule has 1 aromatic rings. The van der Waals surface area contributed by atoms with Gasteiger partial charge in [0.15, 0.2) is 0 Å². The first-order valence-electron chi connectivity index (χ1n) is 5.75. The Morgan fingerprint density at radius 2 is 2.12 bits per heavy atom. The minimum absolute atomic E-state index is 0.141. The maximum absolute atomic E-state index is 12.0. The van der Waals surface area contributed by atoms with E-state index in [1.54, 1.807) is 6.07 Å². The molecular formula is C13H16N2O2. The summed E-state index contributed by atoms with van der Waals surface area (Å²) in [6.45, 7) is 4.44. The molecule has 0 saturated carbocycles. The van der Waals surface area contributed by atoms with Crippen LogP contribution in [-0.4, -0.2) is 18.5 Å². The first kappa shape index (κ1) is 11.6. The van der Waals surface area contributed by atoms with Gasteiger partial charge in [-0.3, -0.25) is 4.79 Å². The fourth-order valence-corrected chi connectivity index (χ4v) is 1.94. The monoisotopic (exact) mass is 232 g/mol. The van der Waals surface area contributed by atoms with Crippen molar-refractivity contribution in [3.63, 3.8) is 0 Å². The van der Waals surface area contributed by atoms with Gasteiger partial charge in [0.2, 0.25) is 5.91 Å². The highest BCUT2D eigenvalue weighted by atomic mass is 16.2. The summed E-state index contributed by atoms with van der Waals surface area (Å²) in [5.41, 5.74) is 1.67. The van der Waals surface area contributed by atoms with E-state index in [1.165, 1.54) is 4.90 Å². The minimum Gasteiger partial charge on any atom is -0.337 e. The normalized spacial score (nSPS) is 21.1. The van der Waals surface area contributed by atoms with Gasteiger partial charge in [0.1, 0.15) is 0 Å². The van der Waals surface area contributed by atoms with Crippen LogP contribution in [0.15, 0.2) is 24.3 Å². The van der Waals surface area contributed by atoms with Gasteiger partial charge in [-0.2, -0.15) is 0 Å². The number of amides is 3. The lowest BCUT2D eigenvalue weighted by Crippen LogP contribution is -2.41. The number of hydrogen-bond acceptors (Lipinski definition) is 2. The lowest BCUT2D eigenvalue weighted by molar-refractivity contribution is -0.118. The van der Waals surface area contributed by atoms with Gasteiger partial charge in [0, 0.05) is 13.0 Å². The predicted octanol–water partition coefficient (Wildman–Crippen LogP) is 2.08. The third-order valence-electron chi connectivity index (χ3n) is 2.84. The third-order valence-corrected chi connectivity index (χ3v) is 2.84. The minimum atomic E-state index is -0.329. The zero-order valence-corrected chi connectivity index (χ0v) is 10.1. The number of aryl methyl sites for hydroxylation is 1. The number of anilines is 1. The Kier molecular flexibility index (Phi) is 3.13. The molecule has 0 aromatic heterocycles. The second kappa shape index (κ2) is 4.57. The molecule has 1 aliphatic rings. The second-order valence-corrected chi connectivity index (χ2v) is 4.56. The number of carbonyl (C=O) groups is 2. The summed E-state index contributed by atoms with van der Waals surface area (Å²) in [6, 6.07) is 7.07. The largest absolute Gasteiger partial charge is 0.337 e. The summed E-state index contributed by atoms with van der Waals surface area (Å²) in [5.74, 6) is 0.0411. The number of nitrogens with zero attached hydrogens (tertiary/aromatic N) is 1. The molecular weight excluding hydrogens is 216 g/mol. The summed E-state index contributed by atoms with van der Waals surface area (Å²) in [7, 11) is 0. The zero-order valence-electron chi connectivity index (χ0n) is 10.1. The first-order chi connectivity index (χ1) is 8.08. The fourth-order valence-electron chi connectivity index (χ4n) is 1.94. The van der Waals surface area contributed by atoms with Gasteiger partial charge in [0.25, 0.3) is 0 Å². The van der Waals surface area contributed by atoms with E-state index in [2.05, 4.69) is 5.32 Å². The molecule has 0 bridgehead atoms. The summed E-state index contributed by atoms with van der Waals surface area (Å²) < 4.78 is 0. The van der Waals surface area contributed by atoms with E-state index in [-0.39, 0.29) is 17.9 Å². The summed E-state index contributed by atoms with van der Waals surface area (Å²) in [6.07, 6.45) is 0.396. The molecule has 3 amide bonds. The lowest BCUT2D eigenvalue weighted by Gasteiger charge is -2.18. The van der Waals surface area contributed by atoms with Crippen molar-refractivity contribution in [3.8, 4) is 0 Å². The quantitative estimate of drug-likeness (QED) is 0.805. The predicted molar refractivity (Wildman–Crippen MR) is 65.8 cm³/mol. The maximum atomic E-state index is 12.0. The van der Waals surface area contributed by atoms with E-state index in [1.807, 2.05) is 32.0 Å². The molecule has 1 unspecified atom stereocenters. The van der Waals surface area contributed by atoms with E-state index < -0.39 is 0 Å². The van der Waals surface area contributed by atoms with Gasteiger partial charge < -0.3 is 5.32 Å². The fraction of sp³-hybridized carbons (Fsp3) is 0.385. The van der Waals surface area contributed by atoms with Crippen LogP contribution in [0.5, 0.6) is 0 Å². The van der Waals surface area contributed by atoms with Crippen molar-refractivity contribution in [2.75, 3.05) is 11.4 Å². The Hall–Kier alpha value is -1.84. The average molecular weight is 232 g/mol. The van der Waals surface area contributed by atoms with E-state index >= 15 is 0 Å². The van der Waals surface area contributed by atoms with Crippen LogP contribution < -0.4 is 10.2 Å². The SMILES string of the molecule is Cc1cccc(N2C(=O)CC(C)CNC2=O)c1. The van der Waals surface area contributed by atoms with Crippen LogP contribution in [-0.2, 0) is 4.79 Å². The van der Waals surface area contributed by atoms with Crippen molar-refractivity contribution in [3.05, 3.63) is 29.8 Å². The van der Waals surface area contributed by atoms with Gasteiger partial charge in [-0.05, 0) is 30.5 Å². The molecule has 17 heavy (non-hydrogen) atoms. The van der Waals surface area contributed by atoms with Gasteiger partial charge in [0.05, 0.1) is 5.69 Å². The summed E-state index contributed by atoms with van der Waals surface area (Å²) in [4.78, 5) is 25.1. The van der Waals surface area contributed by atoms with Crippen LogP contribution in [0.3, 0.4) is 0 Å². The number of imide groups is 1. The highest BCUT2D eigenvalue weighted by Gasteiger charge is 2.28. The molecule has 4 heteroatoms. The topological polar surface area (TPSA) is 49.4 Å². The second-order valence-electron chi connectivity index (χ2n) is 4.56. The molecule has 1 aliphatic heterocycles. The van der Waals surface area contributed by atoms with Crippen molar-refractivity contribution >= 4 is 17.6 Å². The molecule has 0 aliphatic carbocycles.